The second kappa shape index (κ2) is 5.27. The molecule has 2 aromatic heterocycles. The molecule has 0 aliphatic rings. The van der Waals surface area contributed by atoms with Gasteiger partial charge in [0.1, 0.15) is 0 Å². The molecule has 1 unspecified atom stereocenters. The highest BCUT2D eigenvalue weighted by atomic mass is 32.1. The molecule has 0 saturated carbocycles. The van der Waals surface area contributed by atoms with Crippen LogP contribution in [0.5, 0.6) is 0 Å². The van der Waals surface area contributed by atoms with E-state index in [2.05, 4.69) is 16.5 Å². The van der Waals surface area contributed by atoms with Crippen LogP contribution in [0.4, 0.5) is 0 Å². The third kappa shape index (κ3) is 2.71. The molecule has 0 fully saturated rings. The second-order valence-corrected chi connectivity index (χ2v) is 4.62. The standard InChI is InChI=1S/C12H16N2OS/c1-2-3-12(15)10-4-5-14(6-10)7-11-8-16-9-13-11/h4-6,8-9,12,15H,2-3,7H2,1H3. The van der Waals surface area contributed by atoms with Crippen molar-refractivity contribution >= 4 is 11.3 Å². The van der Waals surface area contributed by atoms with E-state index in [1.807, 2.05) is 29.4 Å². The maximum Gasteiger partial charge on any atom is 0.0804 e. The first-order valence-electron chi connectivity index (χ1n) is 5.50. The first-order chi connectivity index (χ1) is 7.79. The highest BCUT2D eigenvalue weighted by molar-refractivity contribution is 7.07. The van der Waals surface area contributed by atoms with Crippen molar-refractivity contribution in [1.82, 2.24) is 9.55 Å². The Morgan fingerprint density at radius 1 is 1.56 bits per heavy atom. The molecule has 0 spiro atoms. The second-order valence-electron chi connectivity index (χ2n) is 3.90. The molecule has 2 heterocycles. The number of hydrogen-bond acceptors (Lipinski definition) is 3. The molecule has 0 aliphatic carbocycles. The van der Waals surface area contributed by atoms with Crippen LogP contribution in [0, 0.1) is 0 Å². The lowest BCUT2D eigenvalue weighted by Gasteiger charge is -2.06. The van der Waals surface area contributed by atoms with Crippen LogP contribution >= 0.6 is 11.3 Å². The molecular weight excluding hydrogens is 220 g/mol. The number of aliphatic hydroxyl groups excluding tert-OH is 1. The van der Waals surface area contributed by atoms with Crippen molar-refractivity contribution in [3.05, 3.63) is 40.6 Å². The highest BCUT2D eigenvalue weighted by Gasteiger charge is 2.08. The predicted molar refractivity (Wildman–Crippen MR) is 65.5 cm³/mol. The lowest BCUT2D eigenvalue weighted by molar-refractivity contribution is 0.166. The van der Waals surface area contributed by atoms with Crippen LogP contribution in [-0.4, -0.2) is 14.7 Å². The van der Waals surface area contributed by atoms with Crippen molar-refractivity contribution in [1.29, 1.82) is 0 Å². The summed E-state index contributed by atoms with van der Waals surface area (Å²) in [6.07, 6.45) is 5.48. The molecule has 1 N–H and O–H groups in total. The summed E-state index contributed by atoms with van der Waals surface area (Å²) in [5, 5.41) is 11.9. The van der Waals surface area contributed by atoms with E-state index in [-0.39, 0.29) is 6.10 Å². The molecule has 0 bridgehead atoms. The molecule has 1 atom stereocenters. The highest BCUT2D eigenvalue weighted by Crippen LogP contribution is 2.18. The first kappa shape index (κ1) is 11.4. The molecule has 0 radical (unpaired) electrons. The molecule has 2 aromatic rings. The summed E-state index contributed by atoms with van der Waals surface area (Å²) in [6, 6.07) is 1.98. The van der Waals surface area contributed by atoms with Crippen molar-refractivity contribution in [3.63, 3.8) is 0 Å². The van der Waals surface area contributed by atoms with Gasteiger partial charge in [0.25, 0.3) is 0 Å². The average molecular weight is 236 g/mol. The van der Waals surface area contributed by atoms with Gasteiger partial charge < -0.3 is 9.67 Å². The zero-order chi connectivity index (χ0) is 11.4. The molecule has 3 nitrogen and oxygen atoms in total. The largest absolute Gasteiger partial charge is 0.388 e. The molecule has 2 rings (SSSR count). The van der Waals surface area contributed by atoms with Gasteiger partial charge in [0.05, 0.1) is 23.9 Å². The summed E-state index contributed by atoms with van der Waals surface area (Å²) in [5.74, 6) is 0. The molecule has 4 heteroatoms. The third-order valence-corrected chi connectivity index (χ3v) is 3.18. The van der Waals surface area contributed by atoms with E-state index in [1.54, 1.807) is 11.3 Å². The molecule has 16 heavy (non-hydrogen) atoms. The van der Waals surface area contributed by atoms with Gasteiger partial charge in [-0.3, -0.25) is 0 Å². The van der Waals surface area contributed by atoms with Gasteiger partial charge in [-0.05, 0) is 18.1 Å². The molecule has 86 valence electrons. The quantitative estimate of drug-likeness (QED) is 0.867. The summed E-state index contributed by atoms with van der Waals surface area (Å²) >= 11 is 1.61. The maximum atomic E-state index is 9.83. The van der Waals surface area contributed by atoms with Crippen LogP contribution in [0.15, 0.2) is 29.4 Å². The molecule has 0 amide bonds. The Morgan fingerprint density at radius 3 is 3.12 bits per heavy atom. The van der Waals surface area contributed by atoms with Gasteiger partial charge in [0, 0.05) is 17.8 Å². The van der Waals surface area contributed by atoms with Gasteiger partial charge in [0.2, 0.25) is 0 Å². The topological polar surface area (TPSA) is 38.0 Å². The minimum absolute atomic E-state index is 0.332. The minimum atomic E-state index is -0.332. The van der Waals surface area contributed by atoms with Gasteiger partial charge in [-0.15, -0.1) is 11.3 Å². The maximum absolute atomic E-state index is 9.83. The number of hydrogen-bond donors (Lipinski definition) is 1. The zero-order valence-electron chi connectivity index (χ0n) is 9.34. The molecule has 0 aromatic carbocycles. The fourth-order valence-electron chi connectivity index (χ4n) is 1.70. The Kier molecular flexibility index (Phi) is 3.74. The summed E-state index contributed by atoms with van der Waals surface area (Å²) in [5.41, 5.74) is 3.90. The summed E-state index contributed by atoms with van der Waals surface area (Å²) < 4.78 is 2.06. The van der Waals surface area contributed by atoms with Crippen LogP contribution in [0.2, 0.25) is 0 Å². The van der Waals surface area contributed by atoms with E-state index in [0.717, 1.165) is 30.6 Å². The minimum Gasteiger partial charge on any atom is -0.388 e. The van der Waals surface area contributed by atoms with Gasteiger partial charge >= 0.3 is 0 Å². The van der Waals surface area contributed by atoms with E-state index in [9.17, 15) is 5.11 Å². The fraction of sp³-hybridized carbons (Fsp3) is 0.417. The monoisotopic (exact) mass is 236 g/mol. The lowest BCUT2D eigenvalue weighted by atomic mass is 10.1. The van der Waals surface area contributed by atoms with Crippen molar-refractivity contribution in [2.75, 3.05) is 0 Å². The Bertz CT molecular complexity index is 422. The van der Waals surface area contributed by atoms with Crippen molar-refractivity contribution in [2.45, 2.75) is 32.4 Å². The van der Waals surface area contributed by atoms with Gasteiger partial charge in [0.15, 0.2) is 0 Å². The van der Waals surface area contributed by atoms with E-state index >= 15 is 0 Å². The van der Waals surface area contributed by atoms with Gasteiger partial charge in [-0.25, -0.2) is 4.98 Å². The van der Waals surface area contributed by atoms with Gasteiger partial charge in [-0.1, -0.05) is 13.3 Å². The molecule has 0 aliphatic heterocycles. The number of aliphatic hydroxyl groups is 1. The van der Waals surface area contributed by atoms with E-state index in [1.165, 1.54) is 0 Å². The van der Waals surface area contributed by atoms with Crippen LogP contribution in [0.1, 0.15) is 37.1 Å². The average Bonchev–Trinajstić information content (AvgIpc) is 2.90. The summed E-state index contributed by atoms with van der Waals surface area (Å²) in [6.45, 7) is 2.86. The van der Waals surface area contributed by atoms with E-state index in [4.69, 9.17) is 0 Å². The smallest absolute Gasteiger partial charge is 0.0804 e. The SMILES string of the molecule is CCCC(O)c1ccn(Cc2cscn2)c1. The van der Waals surface area contributed by atoms with E-state index in [0.29, 0.717) is 0 Å². The summed E-state index contributed by atoms with van der Waals surface area (Å²) in [4.78, 5) is 4.24. The fourth-order valence-corrected chi connectivity index (χ4v) is 2.25. The van der Waals surface area contributed by atoms with Crippen LogP contribution < -0.4 is 0 Å². The van der Waals surface area contributed by atoms with Crippen LogP contribution in [0.3, 0.4) is 0 Å². The van der Waals surface area contributed by atoms with Gasteiger partial charge in [-0.2, -0.15) is 0 Å². The number of rotatable bonds is 5. The van der Waals surface area contributed by atoms with Crippen LogP contribution in [-0.2, 0) is 6.54 Å². The molecular formula is C12H16N2OS. The van der Waals surface area contributed by atoms with Crippen LogP contribution in [0.25, 0.3) is 0 Å². The first-order valence-corrected chi connectivity index (χ1v) is 6.44. The van der Waals surface area contributed by atoms with E-state index < -0.39 is 0 Å². The molecule has 0 saturated heterocycles. The summed E-state index contributed by atoms with van der Waals surface area (Å²) in [7, 11) is 0. The zero-order valence-corrected chi connectivity index (χ0v) is 10.2. The van der Waals surface area contributed by atoms with Crippen molar-refractivity contribution < 1.29 is 5.11 Å². The Hall–Kier alpha value is -1.13. The predicted octanol–water partition coefficient (Wildman–Crippen LogP) is 2.83. The Morgan fingerprint density at radius 2 is 2.44 bits per heavy atom. The van der Waals surface area contributed by atoms with Crippen molar-refractivity contribution in [3.8, 4) is 0 Å². The lowest BCUT2D eigenvalue weighted by Crippen LogP contribution is -1.98. The normalized spacial score (nSPS) is 12.9. The Labute approximate surface area is 99.4 Å². The van der Waals surface area contributed by atoms with Crippen molar-refractivity contribution in [2.24, 2.45) is 0 Å². The number of aromatic nitrogens is 2. The Balaban J connectivity index is 2.02. The third-order valence-electron chi connectivity index (χ3n) is 2.55. The number of thiazole rings is 1. The number of nitrogens with zero attached hydrogens (tertiary/aromatic N) is 2.